The summed E-state index contributed by atoms with van der Waals surface area (Å²) >= 11 is 1.66. The van der Waals surface area contributed by atoms with Crippen LogP contribution in [0.4, 0.5) is 0 Å². The number of aryl methyl sites for hydroxylation is 1. The average molecular weight is 365 g/mol. The summed E-state index contributed by atoms with van der Waals surface area (Å²) < 4.78 is 3.81. The molecule has 4 aromatic rings. The zero-order valence-electron chi connectivity index (χ0n) is 14.4. The lowest BCUT2D eigenvalue weighted by Gasteiger charge is -2.05. The molecule has 132 valence electrons. The molecule has 0 amide bonds. The first kappa shape index (κ1) is 16.7. The third-order valence-electron chi connectivity index (χ3n) is 4.31. The van der Waals surface area contributed by atoms with Crippen molar-refractivity contribution in [2.45, 2.75) is 18.1 Å². The summed E-state index contributed by atoms with van der Waals surface area (Å²) in [6.45, 7) is 0.680. The van der Waals surface area contributed by atoms with Gasteiger partial charge in [0.15, 0.2) is 11.0 Å². The number of thioether (sulfide) groups is 1. The summed E-state index contributed by atoms with van der Waals surface area (Å²) in [5.74, 6) is 1.73. The average Bonchev–Trinajstić information content (AvgIpc) is 3.19. The topological polar surface area (TPSA) is 68.5 Å². The summed E-state index contributed by atoms with van der Waals surface area (Å²) in [7, 11) is 1.98. The highest BCUT2D eigenvalue weighted by Crippen LogP contribution is 2.23. The van der Waals surface area contributed by atoms with Crippen LogP contribution < -0.4 is 5.69 Å². The van der Waals surface area contributed by atoms with Gasteiger partial charge >= 0.3 is 5.69 Å². The van der Waals surface area contributed by atoms with Crippen LogP contribution in [-0.4, -0.2) is 30.1 Å². The maximum Gasteiger partial charge on any atom is 0.326 e. The molecular weight excluding hydrogens is 346 g/mol. The van der Waals surface area contributed by atoms with Gasteiger partial charge in [0.2, 0.25) is 0 Å². The first-order chi connectivity index (χ1) is 12.7. The van der Waals surface area contributed by atoms with Crippen LogP contribution in [0.1, 0.15) is 6.42 Å². The number of rotatable bonds is 6. The van der Waals surface area contributed by atoms with E-state index < -0.39 is 0 Å². The van der Waals surface area contributed by atoms with E-state index >= 15 is 0 Å². The third-order valence-corrected chi connectivity index (χ3v) is 5.41. The van der Waals surface area contributed by atoms with Gasteiger partial charge in [-0.25, -0.2) is 4.79 Å². The van der Waals surface area contributed by atoms with Gasteiger partial charge in [0, 0.05) is 24.9 Å². The van der Waals surface area contributed by atoms with Crippen molar-refractivity contribution in [3.8, 4) is 11.4 Å². The number of fused-ring (bicyclic) bond motifs is 1. The monoisotopic (exact) mass is 365 g/mol. The van der Waals surface area contributed by atoms with E-state index in [1.807, 2.05) is 66.2 Å². The second-order valence-corrected chi connectivity index (χ2v) is 7.09. The fourth-order valence-electron chi connectivity index (χ4n) is 2.99. The number of imidazole rings is 1. The second kappa shape index (κ2) is 7.21. The van der Waals surface area contributed by atoms with Gasteiger partial charge in [-0.05, 0) is 18.6 Å². The lowest BCUT2D eigenvalue weighted by atomic mass is 10.2. The molecule has 7 heteroatoms. The number of hydrogen-bond donors (Lipinski definition) is 1. The summed E-state index contributed by atoms with van der Waals surface area (Å²) in [6.07, 6.45) is 0.875. The fourth-order valence-corrected chi connectivity index (χ4v) is 3.83. The Morgan fingerprint density at radius 3 is 2.65 bits per heavy atom. The molecule has 0 unspecified atom stereocenters. The second-order valence-electron chi connectivity index (χ2n) is 6.03. The lowest BCUT2D eigenvalue weighted by molar-refractivity contribution is 0.678. The minimum absolute atomic E-state index is 0.0544. The lowest BCUT2D eigenvalue weighted by Crippen LogP contribution is -2.17. The van der Waals surface area contributed by atoms with Crippen LogP contribution in [0, 0.1) is 0 Å². The molecule has 0 aliphatic rings. The Kier molecular flexibility index (Phi) is 4.62. The number of H-pyrrole nitrogens is 1. The molecule has 0 atom stereocenters. The molecule has 2 heterocycles. The Balaban J connectivity index is 1.40. The van der Waals surface area contributed by atoms with Gasteiger partial charge in [0.25, 0.3) is 0 Å². The van der Waals surface area contributed by atoms with Gasteiger partial charge in [-0.3, -0.25) is 4.57 Å². The normalized spacial score (nSPS) is 11.3. The summed E-state index contributed by atoms with van der Waals surface area (Å²) in [4.78, 5) is 15.0. The van der Waals surface area contributed by atoms with Crippen LogP contribution in [0.2, 0.25) is 0 Å². The molecule has 0 bridgehead atoms. The van der Waals surface area contributed by atoms with E-state index in [4.69, 9.17) is 0 Å². The van der Waals surface area contributed by atoms with E-state index in [1.165, 1.54) is 0 Å². The molecule has 2 aromatic heterocycles. The van der Waals surface area contributed by atoms with Crippen molar-refractivity contribution in [3.63, 3.8) is 0 Å². The van der Waals surface area contributed by atoms with Crippen molar-refractivity contribution < 1.29 is 0 Å². The maximum atomic E-state index is 12.1. The highest BCUT2D eigenvalue weighted by molar-refractivity contribution is 7.99. The van der Waals surface area contributed by atoms with E-state index in [0.717, 1.165) is 39.8 Å². The first-order valence-electron chi connectivity index (χ1n) is 8.49. The Morgan fingerprint density at radius 1 is 1.04 bits per heavy atom. The molecule has 4 rings (SSSR count). The van der Waals surface area contributed by atoms with Crippen LogP contribution in [-0.2, 0) is 13.6 Å². The van der Waals surface area contributed by atoms with E-state index in [9.17, 15) is 4.79 Å². The van der Waals surface area contributed by atoms with Crippen molar-refractivity contribution in [3.05, 3.63) is 65.1 Å². The Bertz CT molecular complexity index is 1080. The van der Waals surface area contributed by atoms with E-state index in [2.05, 4.69) is 15.2 Å². The van der Waals surface area contributed by atoms with E-state index in [1.54, 1.807) is 16.3 Å². The zero-order valence-corrected chi connectivity index (χ0v) is 15.2. The molecule has 0 aliphatic carbocycles. The van der Waals surface area contributed by atoms with Crippen LogP contribution in [0.3, 0.4) is 0 Å². The first-order valence-corrected chi connectivity index (χ1v) is 9.48. The van der Waals surface area contributed by atoms with Gasteiger partial charge in [0.05, 0.1) is 11.0 Å². The van der Waals surface area contributed by atoms with Crippen molar-refractivity contribution in [1.29, 1.82) is 0 Å². The number of para-hydroxylation sites is 2. The van der Waals surface area contributed by atoms with Gasteiger partial charge in [-0.2, -0.15) is 0 Å². The van der Waals surface area contributed by atoms with Gasteiger partial charge < -0.3 is 9.55 Å². The molecule has 6 nitrogen and oxygen atoms in total. The van der Waals surface area contributed by atoms with Crippen LogP contribution in [0.25, 0.3) is 22.4 Å². The molecule has 0 saturated carbocycles. The smallest absolute Gasteiger partial charge is 0.306 e. The molecule has 0 aliphatic heterocycles. The number of hydrogen-bond acceptors (Lipinski definition) is 4. The van der Waals surface area contributed by atoms with Gasteiger partial charge in [-0.1, -0.05) is 54.2 Å². The molecule has 0 fully saturated rings. The fraction of sp³-hybridized carbons (Fsp3) is 0.211. The van der Waals surface area contributed by atoms with Crippen molar-refractivity contribution in [2.75, 3.05) is 5.75 Å². The Labute approximate surface area is 154 Å². The predicted octanol–water partition coefficient (Wildman–Crippen LogP) is 3.31. The third kappa shape index (κ3) is 3.17. The van der Waals surface area contributed by atoms with Crippen molar-refractivity contribution in [2.24, 2.45) is 7.05 Å². The number of aromatic nitrogens is 5. The van der Waals surface area contributed by atoms with Crippen molar-refractivity contribution in [1.82, 2.24) is 24.3 Å². The van der Waals surface area contributed by atoms with Gasteiger partial charge in [-0.15, -0.1) is 10.2 Å². The number of benzene rings is 2. The minimum Gasteiger partial charge on any atom is -0.306 e. The quantitative estimate of drug-likeness (QED) is 0.420. The van der Waals surface area contributed by atoms with Crippen LogP contribution in [0.15, 0.2) is 64.5 Å². The summed E-state index contributed by atoms with van der Waals surface area (Å²) in [6, 6.07) is 17.8. The Morgan fingerprint density at radius 2 is 1.81 bits per heavy atom. The zero-order chi connectivity index (χ0) is 17.9. The largest absolute Gasteiger partial charge is 0.326 e. The number of aromatic amines is 1. The molecule has 1 N–H and O–H groups in total. The highest BCUT2D eigenvalue weighted by atomic mass is 32.2. The van der Waals surface area contributed by atoms with E-state index in [0.29, 0.717) is 6.54 Å². The molecular formula is C19H19N5OS. The van der Waals surface area contributed by atoms with Crippen LogP contribution in [0.5, 0.6) is 0 Å². The SMILES string of the molecule is Cn1c(SCCCn2c(=O)[nH]c3ccccc32)nnc1-c1ccccc1. The number of nitrogens with zero attached hydrogens (tertiary/aromatic N) is 4. The summed E-state index contributed by atoms with van der Waals surface area (Å²) in [5.41, 5.74) is 2.83. The van der Waals surface area contributed by atoms with Gasteiger partial charge in [0.1, 0.15) is 0 Å². The van der Waals surface area contributed by atoms with Crippen LogP contribution >= 0.6 is 11.8 Å². The molecule has 0 spiro atoms. The standard InChI is InChI=1S/C19H19N5OS/c1-23-17(14-8-3-2-4-9-14)21-22-19(23)26-13-7-12-24-16-11-6-5-10-15(16)20-18(24)25/h2-6,8-11H,7,12-13H2,1H3,(H,20,25). The predicted molar refractivity (Wildman–Crippen MR) is 104 cm³/mol. The van der Waals surface area contributed by atoms with Crippen molar-refractivity contribution >= 4 is 22.8 Å². The molecule has 0 radical (unpaired) electrons. The Hall–Kier alpha value is -2.80. The summed E-state index contributed by atoms with van der Waals surface area (Å²) in [5, 5.41) is 9.48. The molecule has 2 aromatic carbocycles. The van der Waals surface area contributed by atoms with E-state index in [-0.39, 0.29) is 5.69 Å². The minimum atomic E-state index is -0.0544. The maximum absolute atomic E-state index is 12.1. The molecule has 26 heavy (non-hydrogen) atoms. The molecule has 0 saturated heterocycles. The highest BCUT2D eigenvalue weighted by Gasteiger charge is 2.11. The number of nitrogens with one attached hydrogen (secondary N) is 1.